The van der Waals surface area contributed by atoms with E-state index in [1.165, 1.54) is 4.90 Å². The lowest BCUT2D eigenvalue weighted by Crippen LogP contribution is -2.56. The Labute approximate surface area is 281 Å². The van der Waals surface area contributed by atoms with E-state index in [-0.39, 0.29) is 23.8 Å². The van der Waals surface area contributed by atoms with Gasteiger partial charge in [-0.25, -0.2) is 8.42 Å². The maximum Gasteiger partial charge on any atom is 0.264 e. The van der Waals surface area contributed by atoms with Gasteiger partial charge in [0.25, 0.3) is 10.0 Å². The van der Waals surface area contributed by atoms with Crippen molar-refractivity contribution in [2.45, 2.75) is 71.0 Å². The lowest BCUT2D eigenvalue weighted by atomic mass is 10.0. The van der Waals surface area contributed by atoms with Gasteiger partial charge < -0.3 is 10.2 Å². The van der Waals surface area contributed by atoms with Crippen molar-refractivity contribution in [3.63, 3.8) is 0 Å². The number of nitrogens with one attached hydrogen (secondary N) is 1. The molecule has 1 N–H and O–H groups in total. The van der Waals surface area contributed by atoms with Crippen LogP contribution in [0.4, 0.5) is 5.69 Å². The molecule has 46 heavy (non-hydrogen) atoms. The molecule has 4 aromatic carbocycles. The Morgan fingerprint density at radius 1 is 0.804 bits per heavy atom. The molecule has 2 amide bonds. The summed E-state index contributed by atoms with van der Waals surface area (Å²) in [4.78, 5) is 30.2. The minimum Gasteiger partial charge on any atom is -0.350 e. The topological polar surface area (TPSA) is 86.8 Å². The lowest BCUT2D eigenvalue weighted by molar-refractivity contribution is -0.140. The molecule has 0 spiro atoms. The third-order valence-electron chi connectivity index (χ3n) is 7.70. The first kappa shape index (κ1) is 34.9. The second-order valence-corrected chi connectivity index (χ2v) is 15.5. The molecule has 0 unspecified atom stereocenters. The standard InChI is InChI=1S/C37H42BrN3O4S/c1-26-12-20-33(21-13-26)46(44,45)41(32-19-14-27(2)28(3)22-32)25-35(42)40(24-30-15-17-31(38)18-16-30)34(36(43)39-37(4,5)6)23-29-10-8-7-9-11-29/h7-22,34H,23-25H2,1-6H3,(H,39,43)/t34-/m0/s1. The van der Waals surface area contributed by atoms with Gasteiger partial charge in [-0.1, -0.05) is 82.2 Å². The highest BCUT2D eigenvalue weighted by molar-refractivity contribution is 9.10. The average Bonchev–Trinajstić information content (AvgIpc) is 2.99. The molecule has 0 fully saturated rings. The number of nitrogens with zero attached hydrogens (tertiary/aromatic N) is 2. The monoisotopic (exact) mass is 703 g/mol. The molecule has 0 aliphatic heterocycles. The Kier molecular flexibility index (Phi) is 11.1. The van der Waals surface area contributed by atoms with Gasteiger partial charge in [-0.05, 0) is 100 Å². The summed E-state index contributed by atoms with van der Waals surface area (Å²) in [7, 11) is -4.16. The summed E-state index contributed by atoms with van der Waals surface area (Å²) in [6.07, 6.45) is 0.249. The molecule has 1 atom stereocenters. The third-order valence-corrected chi connectivity index (χ3v) is 10.0. The number of rotatable bonds is 11. The number of aryl methyl sites for hydroxylation is 3. The normalized spacial score (nSPS) is 12.3. The van der Waals surface area contributed by atoms with Crippen LogP contribution in [0.2, 0.25) is 0 Å². The number of anilines is 1. The van der Waals surface area contributed by atoms with E-state index in [0.29, 0.717) is 5.69 Å². The van der Waals surface area contributed by atoms with Crippen molar-refractivity contribution in [2.24, 2.45) is 0 Å². The van der Waals surface area contributed by atoms with Crippen LogP contribution in [0.15, 0.2) is 106 Å². The molecule has 0 radical (unpaired) electrons. The van der Waals surface area contributed by atoms with Crippen molar-refractivity contribution in [3.8, 4) is 0 Å². The van der Waals surface area contributed by atoms with Crippen molar-refractivity contribution >= 4 is 43.5 Å². The molecular formula is C37H42BrN3O4S. The van der Waals surface area contributed by atoms with Crippen molar-refractivity contribution in [1.82, 2.24) is 10.2 Å². The van der Waals surface area contributed by atoms with Gasteiger partial charge in [-0.15, -0.1) is 0 Å². The van der Waals surface area contributed by atoms with Gasteiger partial charge in [0.05, 0.1) is 10.6 Å². The van der Waals surface area contributed by atoms with Gasteiger partial charge in [0.15, 0.2) is 0 Å². The molecular weight excluding hydrogens is 662 g/mol. The van der Waals surface area contributed by atoms with E-state index in [9.17, 15) is 18.0 Å². The maximum absolute atomic E-state index is 14.6. The molecule has 0 saturated heterocycles. The predicted molar refractivity (Wildman–Crippen MR) is 188 cm³/mol. The van der Waals surface area contributed by atoms with Crippen LogP contribution in [-0.2, 0) is 32.6 Å². The molecule has 0 heterocycles. The molecule has 4 rings (SSSR count). The van der Waals surface area contributed by atoms with Crippen molar-refractivity contribution in [3.05, 3.63) is 129 Å². The number of carbonyl (C=O) groups is 2. The molecule has 7 nitrogen and oxygen atoms in total. The second kappa shape index (κ2) is 14.6. The van der Waals surface area contributed by atoms with Crippen LogP contribution in [0.5, 0.6) is 0 Å². The molecule has 0 aliphatic rings. The van der Waals surface area contributed by atoms with Crippen LogP contribution in [0.25, 0.3) is 0 Å². The molecule has 0 saturated carbocycles. The number of hydrogen-bond acceptors (Lipinski definition) is 4. The first-order valence-corrected chi connectivity index (χ1v) is 17.4. The number of carbonyl (C=O) groups excluding carboxylic acids is 2. The summed E-state index contributed by atoms with van der Waals surface area (Å²) in [5.74, 6) is -0.817. The lowest BCUT2D eigenvalue weighted by Gasteiger charge is -2.35. The minimum absolute atomic E-state index is 0.0786. The van der Waals surface area contributed by atoms with E-state index in [1.807, 2.05) is 102 Å². The molecule has 0 bridgehead atoms. The van der Waals surface area contributed by atoms with E-state index in [2.05, 4.69) is 21.2 Å². The Bertz CT molecular complexity index is 1770. The molecule has 9 heteroatoms. The Hall–Kier alpha value is -3.95. The number of hydrogen-bond donors (Lipinski definition) is 1. The Morgan fingerprint density at radius 3 is 2.02 bits per heavy atom. The van der Waals surface area contributed by atoms with Gasteiger partial charge in [0.1, 0.15) is 12.6 Å². The predicted octanol–water partition coefficient (Wildman–Crippen LogP) is 7.12. The molecule has 0 aliphatic carbocycles. The van der Waals surface area contributed by atoms with Crippen LogP contribution in [0.1, 0.15) is 48.6 Å². The van der Waals surface area contributed by atoms with E-state index in [0.717, 1.165) is 36.6 Å². The van der Waals surface area contributed by atoms with Crippen LogP contribution >= 0.6 is 15.9 Å². The van der Waals surface area contributed by atoms with Crippen molar-refractivity contribution in [1.29, 1.82) is 0 Å². The zero-order chi connectivity index (χ0) is 33.6. The summed E-state index contributed by atoms with van der Waals surface area (Å²) in [5.41, 5.74) is 4.31. The van der Waals surface area contributed by atoms with Crippen LogP contribution in [0, 0.1) is 20.8 Å². The van der Waals surface area contributed by atoms with E-state index < -0.39 is 34.1 Å². The average molecular weight is 705 g/mol. The smallest absolute Gasteiger partial charge is 0.264 e. The summed E-state index contributed by atoms with van der Waals surface area (Å²) >= 11 is 3.47. The quantitative estimate of drug-likeness (QED) is 0.180. The SMILES string of the molecule is Cc1ccc(S(=O)(=O)N(CC(=O)N(Cc2ccc(Br)cc2)[C@@H](Cc2ccccc2)C(=O)NC(C)(C)C)c2ccc(C)c(C)c2)cc1. The van der Waals surface area contributed by atoms with Gasteiger partial charge in [0.2, 0.25) is 11.8 Å². The molecule has 4 aromatic rings. The summed E-state index contributed by atoms with van der Waals surface area (Å²) in [5, 5.41) is 3.06. The zero-order valence-corrected chi connectivity index (χ0v) is 29.7. The Morgan fingerprint density at radius 2 is 1.43 bits per heavy atom. The zero-order valence-electron chi connectivity index (χ0n) is 27.2. The third kappa shape index (κ3) is 9.07. The molecule has 242 valence electrons. The van der Waals surface area contributed by atoms with Crippen LogP contribution < -0.4 is 9.62 Å². The number of sulfonamides is 1. The van der Waals surface area contributed by atoms with Crippen molar-refractivity contribution < 1.29 is 18.0 Å². The number of benzene rings is 4. The minimum atomic E-state index is -4.16. The van der Waals surface area contributed by atoms with Gasteiger partial charge >= 0.3 is 0 Å². The highest BCUT2D eigenvalue weighted by Gasteiger charge is 2.35. The van der Waals surface area contributed by atoms with Gasteiger partial charge in [-0.2, -0.15) is 0 Å². The van der Waals surface area contributed by atoms with Gasteiger partial charge in [0, 0.05) is 23.0 Å². The fraction of sp³-hybridized carbons (Fsp3) is 0.297. The fourth-order valence-corrected chi connectivity index (χ4v) is 6.71. The fourth-order valence-electron chi connectivity index (χ4n) is 5.04. The Balaban J connectivity index is 1.83. The second-order valence-electron chi connectivity index (χ2n) is 12.7. The highest BCUT2D eigenvalue weighted by atomic mass is 79.9. The first-order valence-electron chi connectivity index (χ1n) is 15.2. The van der Waals surface area contributed by atoms with E-state index in [1.54, 1.807) is 36.4 Å². The van der Waals surface area contributed by atoms with Gasteiger partial charge in [-0.3, -0.25) is 13.9 Å². The maximum atomic E-state index is 14.6. The van der Waals surface area contributed by atoms with Crippen LogP contribution in [0.3, 0.4) is 0 Å². The largest absolute Gasteiger partial charge is 0.350 e. The first-order chi connectivity index (χ1) is 21.6. The molecule has 0 aromatic heterocycles. The van der Waals surface area contributed by atoms with Crippen molar-refractivity contribution in [2.75, 3.05) is 10.8 Å². The summed E-state index contributed by atoms with van der Waals surface area (Å²) < 4.78 is 30.5. The summed E-state index contributed by atoms with van der Waals surface area (Å²) in [6, 6.07) is 28.1. The van der Waals surface area contributed by atoms with Crippen LogP contribution in [-0.4, -0.2) is 43.3 Å². The van der Waals surface area contributed by atoms with E-state index in [4.69, 9.17) is 0 Å². The highest BCUT2D eigenvalue weighted by Crippen LogP contribution is 2.27. The number of halogens is 1. The van der Waals surface area contributed by atoms with E-state index >= 15 is 0 Å². The summed E-state index contributed by atoms with van der Waals surface area (Å²) in [6.45, 7) is 11.0. The number of amides is 2.